The predicted molar refractivity (Wildman–Crippen MR) is 243 cm³/mol. The van der Waals surface area contributed by atoms with Crippen LogP contribution in [0.15, 0.2) is 213 Å². The van der Waals surface area contributed by atoms with E-state index in [4.69, 9.17) is 9.97 Å². The summed E-state index contributed by atoms with van der Waals surface area (Å²) >= 11 is 0. The number of pyridine rings is 2. The van der Waals surface area contributed by atoms with Gasteiger partial charge in [0.25, 0.3) is 0 Å². The number of anilines is 3. The van der Waals surface area contributed by atoms with E-state index in [-0.39, 0.29) is 0 Å². The van der Waals surface area contributed by atoms with Gasteiger partial charge in [0.15, 0.2) is 0 Å². The molecule has 0 unspecified atom stereocenters. The van der Waals surface area contributed by atoms with Gasteiger partial charge in [0.05, 0.1) is 33.8 Å². The van der Waals surface area contributed by atoms with Crippen LogP contribution in [-0.2, 0) is 0 Å². The smallest absolute Gasteiger partial charge is 0.145 e. The van der Waals surface area contributed by atoms with Gasteiger partial charge in [-0.2, -0.15) is 0 Å². The molecule has 5 heterocycles. The van der Waals surface area contributed by atoms with Gasteiger partial charge in [-0.25, -0.2) is 4.98 Å². The molecule has 0 amide bonds. The van der Waals surface area contributed by atoms with E-state index >= 15 is 0 Å². The minimum absolute atomic E-state index is 0.908. The number of benzene rings is 7. The molecule has 0 N–H and O–H groups in total. The van der Waals surface area contributed by atoms with Crippen molar-refractivity contribution in [2.24, 2.45) is 0 Å². The Balaban J connectivity index is 1.12. The van der Waals surface area contributed by atoms with Crippen molar-refractivity contribution < 1.29 is 0 Å². The molecule has 0 atom stereocenters. The van der Waals surface area contributed by atoms with E-state index in [1.54, 1.807) is 0 Å². The maximum atomic E-state index is 5.05. The van der Waals surface area contributed by atoms with Gasteiger partial charge >= 0.3 is 0 Å². The Morgan fingerprint density at radius 1 is 0.373 bits per heavy atom. The molecule has 5 nitrogen and oxygen atoms in total. The van der Waals surface area contributed by atoms with Crippen LogP contribution >= 0.6 is 0 Å². The Bertz CT molecular complexity index is 3340. The van der Waals surface area contributed by atoms with E-state index in [9.17, 15) is 0 Å². The first-order valence-corrected chi connectivity index (χ1v) is 20.0. The van der Waals surface area contributed by atoms with Crippen LogP contribution in [0, 0.1) is 0 Å². The highest BCUT2D eigenvalue weighted by atomic mass is 15.2. The topological polar surface area (TPSA) is 38.9 Å². The van der Waals surface area contributed by atoms with E-state index in [1.165, 1.54) is 21.8 Å². The highest BCUT2D eigenvalue weighted by Crippen LogP contribution is 2.52. The summed E-state index contributed by atoms with van der Waals surface area (Å²) in [4.78, 5) is 12.2. The molecule has 0 spiro atoms. The number of hydrogen-bond donors (Lipinski definition) is 0. The second-order valence-electron chi connectivity index (χ2n) is 15.1. The lowest BCUT2D eigenvalue weighted by Gasteiger charge is -2.28. The Kier molecular flexibility index (Phi) is 7.47. The van der Waals surface area contributed by atoms with Gasteiger partial charge in [0.1, 0.15) is 5.65 Å². The van der Waals surface area contributed by atoms with E-state index in [1.807, 2.05) is 24.7 Å². The molecule has 0 saturated carbocycles. The Labute approximate surface area is 341 Å². The average molecular weight is 754 g/mol. The molecular formula is C54H35N5. The summed E-state index contributed by atoms with van der Waals surface area (Å²) in [5, 5.41) is 3.60. The summed E-state index contributed by atoms with van der Waals surface area (Å²) in [5.74, 6) is 0. The fourth-order valence-electron chi connectivity index (χ4n) is 9.25. The normalized spacial score (nSPS) is 12.0. The van der Waals surface area contributed by atoms with E-state index in [0.29, 0.717) is 0 Å². The first-order valence-electron chi connectivity index (χ1n) is 20.0. The van der Waals surface area contributed by atoms with Gasteiger partial charge in [0, 0.05) is 57.3 Å². The fraction of sp³-hybridized carbons (Fsp3) is 0. The van der Waals surface area contributed by atoms with Gasteiger partial charge in [-0.1, -0.05) is 121 Å². The lowest BCUT2D eigenvalue weighted by atomic mass is 9.96. The SMILES string of the molecule is c1ccc(-c2cc(-c3cccc(-n4c5ccccc5c5ccccc54)c3)cc(N3c4ccncc4-c4c(-c5ccccc5)c5cccnc5n4-c4ccccc43)c2)cc1. The number of rotatable bonds is 5. The molecule has 0 aliphatic carbocycles. The zero-order valence-electron chi connectivity index (χ0n) is 31.9. The molecule has 1 aliphatic rings. The van der Waals surface area contributed by atoms with Crippen LogP contribution in [0.3, 0.4) is 0 Å². The third kappa shape index (κ3) is 5.18. The molecule has 4 aromatic heterocycles. The van der Waals surface area contributed by atoms with Crippen molar-refractivity contribution in [3.63, 3.8) is 0 Å². The molecular weight excluding hydrogens is 719 g/mol. The maximum Gasteiger partial charge on any atom is 0.145 e. The van der Waals surface area contributed by atoms with Crippen molar-refractivity contribution in [2.45, 2.75) is 0 Å². The molecule has 12 rings (SSSR count). The van der Waals surface area contributed by atoms with Gasteiger partial charge in [0.2, 0.25) is 0 Å². The first-order chi connectivity index (χ1) is 29.3. The summed E-state index contributed by atoms with van der Waals surface area (Å²) in [6.45, 7) is 0. The minimum Gasteiger partial charge on any atom is -0.309 e. The molecule has 0 saturated heterocycles. The molecule has 11 aromatic rings. The molecule has 0 radical (unpaired) electrons. The van der Waals surface area contributed by atoms with Gasteiger partial charge in [-0.3, -0.25) is 9.55 Å². The van der Waals surface area contributed by atoms with Crippen LogP contribution in [0.2, 0.25) is 0 Å². The van der Waals surface area contributed by atoms with Crippen LogP contribution < -0.4 is 4.90 Å². The fourth-order valence-corrected chi connectivity index (χ4v) is 9.25. The van der Waals surface area contributed by atoms with Gasteiger partial charge in [-0.15, -0.1) is 0 Å². The number of nitrogens with zero attached hydrogens (tertiary/aromatic N) is 5. The Hall–Kier alpha value is -8.02. The second kappa shape index (κ2) is 13.3. The van der Waals surface area contributed by atoms with Gasteiger partial charge < -0.3 is 9.47 Å². The monoisotopic (exact) mass is 753 g/mol. The van der Waals surface area contributed by atoms with Crippen molar-refractivity contribution >= 4 is 49.9 Å². The molecule has 5 heteroatoms. The summed E-state index contributed by atoms with van der Waals surface area (Å²) in [6.07, 6.45) is 5.82. The summed E-state index contributed by atoms with van der Waals surface area (Å²) in [7, 11) is 0. The zero-order chi connectivity index (χ0) is 38.9. The van der Waals surface area contributed by atoms with E-state index in [2.05, 4.69) is 202 Å². The van der Waals surface area contributed by atoms with Crippen molar-refractivity contribution in [1.82, 2.24) is 19.1 Å². The lowest BCUT2D eigenvalue weighted by molar-refractivity contribution is 1.10. The van der Waals surface area contributed by atoms with Crippen LogP contribution in [0.1, 0.15) is 0 Å². The van der Waals surface area contributed by atoms with E-state index < -0.39 is 0 Å². The standard InChI is InChI=1S/C54H35N5/c1-3-15-36(16-4-1)39-31-40(38-19-13-20-41(32-38)57-47-24-9-7-21-43(47)44-22-8-10-25-48(44)57)34-42(33-39)58-49-28-30-55-35-46(49)53-52(37-17-5-2-6-18-37)45-23-14-29-56-54(45)59(53)51-27-12-11-26-50(51)58/h1-35H. The predicted octanol–water partition coefficient (Wildman–Crippen LogP) is 14.0. The highest BCUT2D eigenvalue weighted by molar-refractivity contribution is 6.10. The second-order valence-corrected chi connectivity index (χ2v) is 15.1. The quantitative estimate of drug-likeness (QED) is 0.176. The first kappa shape index (κ1) is 33.2. The number of para-hydroxylation sites is 4. The minimum atomic E-state index is 0.908. The maximum absolute atomic E-state index is 5.05. The van der Waals surface area contributed by atoms with Crippen LogP contribution in [0.25, 0.3) is 88.9 Å². The van der Waals surface area contributed by atoms with Gasteiger partial charge in [-0.05, 0) is 101 Å². The van der Waals surface area contributed by atoms with Crippen molar-refractivity contribution in [1.29, 1.82) is 0 Å². The molecule has 59 heavy (non-hydrogen) atoms. The largest absolute Gasteiger partial charge is 0.309 e. The summed E-state index contributed by atoms with van der Waals surface area (Å²) in [5.41, 5.74) is 17.5. The molecule has 1 aliphatic heterocycles. The molecule has 276 valence electrons. The van der Waals surface area contributed by atoms with Crippen LogP contribution in [-0.4, -0.2) is 19.1 Å². The molecule has 7 aromatic carbocycles. The average Bonchev–Trinajstić information content (AvgIpc) is 3.79. The van der Waals surface area contributed by atoms with Crippen molar-refractivity contribution in [3.05, 3.63) is 213 Å². The number of hydrogen-bond acceptors (Lipinski definition) is 3. The molecule has 0 fully saturated rings. The Morgan fingerprint density at radius 2 is 0.983 bits per heavy atom. The van der Waals surface area contributed by atoms with Crippen LogP contribution in [0.5, 0.6) is 0 Å². The Morgan fingerprint density at radius 3 is 1.75 bits per heavy atom. The number of fused-ring (bicyclic) bond motifs is 10. The number of aromatic nitrogens is 4. The van der Waals surface area contributed by atoms with Crippen molar-refractivity contribution in [3.8, 4) is 56.0 Å². The summed E-state index contributed by atoms with van der Waals surface area (Å²) < 4.78 is 4.73. The third-order valence-corrected chi connectivity index (χ3v) is 11.7. The van der Waals surface area contributed by atoms with E-state index in [0.717, 1.165) is 84.1 Å². The molecule has 0 bridgehead atoms. The highest BCUT2D eigenvalue weighted by Gasteiger charge is 2.32. The third-order valence-electron chi connectivity index (χ3n) is 11.7. The van der Waals surface area contributed by atoms with Crippen LogP contribution in [0.4, 0.5) is 17.1 Å². The lowest BCUT2D eigenvalue weighted by Crippen LogP contribution is -2.12. The zero-order valence-corrected chi connectivity index (χ0v) is 31.9. The summed E-state index contributed by atoms with van der Waals surface area (Å²) in [6, 6.07) is 69.8. The van der Waals surface area contributed by atoms with Crippen molar-refractivity contribution in [2.75, 3.05) is 4.90 Å².